The zero-order valence-electron chi connectivity index (χ0n) is 16.8. The second-order valence-electron chi connectivity index (χ2n) is 7.14. The monoisotopic (exact) mass is 390 g/mol. The van der Waals surface area contributed by atoms with Gasteiger partial charge in [0.15, 0.2) is 0 Å². The lowest BCUT2D eigenvalue weighted by Crippen LogP contribution is -2.46. The fourth-order valence-electron chi connectivity index (χ4n) is 3.46. The molecule has 5 nitrogen and oxygen atoms in total. The molecule has 0 bridgehead atoms. The molecule has 0 spiro atoms. The number of esters is 1. The maximum Gasteiger partial charge on any atom is 0.328 e. The van der Waals surface area contributed by atoms with Gasteiger partial charge >= 0.3 is 5.97 Å². The fourth-order valence-corrected chi connectivity index (χ4v) is 3.46. The van der Waals surface area contributed by atoms with E-state index < -0.39 is 12.0 Å². The van der Waals surface area contributed by atoms with Crippen molar-refractivity contribution in [1.82, 2.24) is 10.2 Å². The molecular weight excluding hydrogens is 364 g/mol. The molecule has 1 N–H and O–H groups in total. The Hall–Kier alpha value is -3.18. The van der Waals surface area contributed by atoms with Crippen LogP contribution in [0, 0.1) is 0 Å². The number of amides is 1. The van der Waals surface area contributed by atoms with Gasteiger partial charge in [0.25, 0.3) is 0 Å². The summed E-state index contributed by atoms with van der Waals surface area (Å²) in [4.78, 5) is 26.8. The molecular formula is C24H26N2O3. The van der Waals surface area contributed by atoms with Crippen molar-refractivity contribution in [3.05, 3.63) is 83.9 Å². The third-order valence-electron chi connectivity index (χ3n) is 4.83. The molecule has 150 valence electrons. The molecule has 0 radical (unpaired) electrons. The average Bonchev–Trinajstić information content (AvgIpc) is 2.73. The zero-order chi connectivity index (χ0) is 20.6. The Morgan fingerprint density at radius 1 is 0.966 bits per heavy atom. The second-order valence-corrected chi connectivity index (χ2v) is 7.14. The highest BCUT2D eigenvalue weighted by molar-refractivity contribution is 5.88. The Morgan fingerprint density at radius 2 is 1.66 bits per heavy atom. The number of nitrogens with one attached hydrogen (secondary N) is 1. The van der Waals surface area contributed by atoms with Gasteiger partial charge in [-0.25, -0.2) is 4.79 Å². The number of fused-ring (bicyclic) bond motifs is 1. The summed E-state index contributed by atoms with van der Waals surface area (Å²) in [5, 5.41) is 5.01. The van der Waals surface area contributed by atoms with Gasteiger partial charge in [-0.3, -0.25) is 9.69 Å². The molecule has 0 aliphatic heterocycles. The van der Waals surface area contributed by atoms with Crippen LogP contribution in [0.25, 0.3) is 10.8 Å². The van der Waals surface area contributed by atoms with E-state index in [9.17, 15) is 9.59 Å². The van der Waals surface area contributed by atoms with Crippen LogP contribution in [0.3, 0.4) is 0 Å². The molecule has 1 amide bonds. The average molecular weight is 390 g/mol. The zero-order valence-corrected chi connectivity index (χ0v) is 16.8. The van der Waals surface area contributed by atoms with Crippen LogP contribution in [0.1, 0.15) is 11.1 Å². The number of methoxy groups -OCH3 is 1. The van der Waals surface area contributed by atoms with Crippen molar-refractivity contribution in [2.24, 2.45) is 0 Å². The maximum absolute atomic E-state index is 12.6. The van der Waals surface area contributed by atoms with Crippen LogP contribution in [0.2, 0.25) is 0 Å². The Labute approximate surface area is 171 Å². The first-order valence-electron chi connectivity index (χ1n) is 9.63. The molecule has 29 heavy (non-hydrogen) atoms. The van der Waals surface area contributed by atoms with E-state index in [-0.39, 0.29) is 12.5 Å². The van der Waals surface area contributed by atoms with Gasteiger partial charge in [-0.15, -0.1) is 0 Å². The van der Waals surface area contributed by atoms with E-state index in [4.69, 9.17) is 4.74 Å². The number of benzene rings is 3. The first-order valence-corrected chi connectivity index (χ1v) is 9.63. The van der Waals surface area contributed by atoms with Gasteiger partial charge in [0, 0.05) is 13.0 Å². The molecule has 3 aromatic carbocycles. The van der Waals surface area contributed by atoms with Gasteiger partial charge in [0.05, 0.1) is 13.7 Å². The third-order valence-corrected chi connectivity index (χ3v) is 4.83. The minimum Gasteiger partial charge on any atom is -0.467 e. The molecule has 0 heterocycles. The topological polar surface area (TPSA) is 58.6 Å². The number of carbonyl (C=O) groups excluding carboxylic acids is 2. The quantitative estimate of drug-likeness (QED) is 0.600. The van der Waals surface area contributed by atoms with E-state index in [1.807, 2.05) is 84.7 Å². The predicted octanol–water partition coefficient (Wildman–Crippen LogP) is 3.17. The minimum absolute atomic E-state index is 0.192. The van der Waals surface area contributed by atoms with E-state index in [0.717, 1.165) is 21.9 Å². The number of likely N-dealkylation sites (N-methyl/N-ethyl adjacent to an activating group) is 1. The summed E-state index contributed by atoms with van der Waals surface area (Å²) in [6.07, 6.45) is 0.377. The number of hydrogen-bond acceptors (Lipinski definition) is 4. The molecule has 0 aromatic heterocycles. The van der Waals surface area contributed by atoms with E-state index in [1.165, 1.54) is 7.11 Å². The lowest BCUT2D eigenvalue weighted by atomic mass is 9.98. The van der Waals surface area contributed by atoms with Gasteiger partial charge in [0.1, 0.15) is 6.04 Å². The van der Waals surface area contributed by atoms with Crippen molar-refractivity contribution in [3.8, 4) is 0 Å². The summed E-state index contributed by atoms with van der Waals surface area (Å²) >= 11 is 0. The maximum atomic E-state index is 12.6. The molecule has 1 atom stereocenters. The van der Waals surface area contributed by atoms with Crippen molar-refractivity contribution in [2.75, 3.05) is 20.7 Å². The predicted molar refractivity (Wildman–Crippen MR) is 114 cm³/mol. The highest BCUT2D eigenvalue weighted by Crippen LogP contribution is 2.20. The van der Waals surface area contributed by atoms with Gasteiger partial charge in [-0.05, 0) is 28.9 Å². The lowest BCUT2D eigenvalue weighted by molar-refractivity contribution is -0.145. The fraction of sp³-hybridized carbons (Fsp3) is 0.250. The van der Waals surface area contributed by atoms with Crippen LogP contribution in [-0.2, 0) is 27.3 Å². The molecule has 0 aliphatic rings. The largest absolute Gasteiger partial charge is 0.467 e. The number of nitrogens with zero attached hydrogens (tertiary/aromatic N) is 1. The summed E-state index contributed by atoms with van der Waals surface area (Å²) in [5.74, 6) is -0.656. The molecule has 0 unspecified atom stereocenters. The first-order chi connectivity index (χ1) is 14.1. The van der Waals surface area contributed by atoms with Gasteiger partial charge in [-0.2, -0.15) is 0 Å². The van der Waals surface area contributed by atoms with E-state index in [1.54, 1.807) is 0 Å². The highest BCUT2D eigenvalue weighted by Gasteiger charge is 2.23. The number of rotatable bonds is 8. The number of carbonyl (C=O) groups is 2. The Kier molecular flexibility index (Phi) is 6.98. The van der Waals surface area contributed by atoms with Crippen molar-refractivity contribution >= 4 is 22.6 Å². The van der Waals surface area contributed by atoms with Crippen LogP contribution < -0.4 is 5.32 Å². The molecule has 0 aliphatic carbocycles. The smallest absolute Gasteiger partial charge is 0.328 e. The molecule has 3 aromatic rings. The van der Waals surface area contributed by atoms with Crippen molar-refractivity contribution < 1.29 is 14.3 Å². The molecule has 0 saturated carbocycles. The Balaban J connectivity index is 1.67. The van der Waals surface area contributed by atoms with Crippen LogP contribution >= 0.6 is 0 Å². The van der Waals surface area contributed by atoms with Crippen molar-refractivity contribution in [3.63, 3.8) is 0 Å². The third kappa shape index (κ3) is 5.65. The molecule has 5 heteroatoms. The van der Waals surface area contributed by atoms with Gasteiger partial charge in [-0.1, -0.05) is 72.8 Å². The highest BCUT2D eigenvalue weighted by atomic mass is 16.5. The summed E-state index contributed by atoms with van der Waals surface area (Å²) in [6.45, 7) is 0.846. The summed E-state index contributed by atoms with van der Waals surface area (Å²) in [7, 11) is 3.22. The van der Waals surface area contributed by atoms with Gasteiger partial charge in [0.2, 0.25) is 5.91 Å². The first kappa shape index (κ1) is 20.6. The van der Waals surface area contributed by atoms with Crippen LogP contribution in [-0.4, -0.2) is 43.5 Å². The molecule has 0 saturated heterocycles. The Morgan fingerprint density at radius 3 is 2.41 bits per heavy atom. The standard InChI is InChI=1S/C24H26N2O3/c1-26(16-18-9-4-3-5-10-18)17-23(27)25-22(24(28)29-2)15-20-13-8-12-19-11-6-7-14-21(19)20/h3-14,22H,15-17H2,1-2H3,(H,25,27)/t22-/m0/s1. The van der Waals surface area contributed by atoms with Crippen LogP contribution in [0.15, 0.2) is 72.8 Å². The summed E-state index contributed by atoms with van der Waals surface area (Å²) in [5.41, 5.74) is 2.12. The van der Waals surface area contributed by atoms with E-state index >= 15 is 0 Å². The minimum atomic E-state index is -0.733. The lowest BCUT2D eigenvalue weighted by Gasteiger charge is -2.21. The summed E-state index contributed by atoms with van der Waals surface area (Å²) < 4.78 is 4.93. The second kappa shape index (κ2) is 9.85. The van der Waals surface area contributed by atoms with Crippen molar-refractivity contribution in [1.29, 1.82) is 0 Å². The number of ether oxygens (including phenoxy) is 1. The number of hydrogen-bond donors (Lipinski definition) is 1. The van der Waals surface area contributed by atoms with E-state index in [2.05, 4.69) is 5.32 Å². The molecule has 0 fully saturated rings. The van der Waals surface area contributed by atoms with Gasteiger partial charge < -0.3 is 10.1 Å². The molecule has 3 rings (SSSR count). The Bertz CT molecular complexity index is 967. The van der Waals surface area contributed by atoms with E-state index in [0.29, 0.717) is 13.0 Å². The summed E-state index contributed by atoms with van der Waals surface area (Å²) in [6, 6.07) is 23.2. The van der Waals surface area contributed by atoms with Crippen molar-refractivity contribution in [2.45, 2.75) is 19.0 Å². The SMILES string of the molecule is COC(=O)[C@H](Cc1cccc2ccccc12)NC(=O)CN(C)Cc1ccccc1. The van der Waals surface area contributed by atoms with Crippen LogP contribution in [0.5, 0.6) is 0 Å². The normalized spacial score (nSPS) is 12.0. The van der Waals surface area contributed by atoms with Crippen LogP contribution in [0.4, 0.5) is 0 Å².